The normalized spacial score (nSPS) is 13.3. The smallest absolute Gasteiger partial charge is 0.334 e. The van der Waals surface area contributed by atoms with E-state index in [1.807, 2.05) is 6.92 Å². The Morgan fingerprint density at radius 2 is 1.92 bits per heavy atom. The van der Waals surface area contributed by atoms with Gasteiger partial charge in [-0.2, -0.15) is 0 Å². The van der Waals surface area contributed by atoms with Crippen LogP contribution in [0.3, 0.4) is 0 Å². The Hall–Kier alpha value is -2.34. The summed E-state index contributed by atoms with van der Waals surface area (Å²) in [5.41, 5.74) is 0.611. The van der Waals surface area contributed by atoms with Gasteiger partial charge in [0.2, 0.25) is 5.91 Å². The molecule has 0 bridgehead atoms. The molecule has 1 heterocycles. The molecule has 1 aromatic carbocycles. The van der Waals surface area contributed by atoms with E-state index in [0.717, 1.165) is 11.3 Å². The van der Waals surface area contributed by atoms with Crippen molar-refractivity contribution in [2.75, 3.05) is 0 Å². The second-order valence-electron chi connectivity index (χ2n) is 5.92. The van der Waals surface area contributed by atoms with Crippen LogP contribution in [0, 0.1) is 13.8 Å². The highest BCUT2D eigenvalue weighted by molar-refractivity contribution is 6.30. The third-order valence-electron chi connectivity index (χ3n) is 4.37. The fourth-order valence-corrected chi connectivity index (χ4v) is 2.95. The Morgan fingerprint density at radius 3 is 2.40 bits per heavy atom. The fraction of sp³-hybridized carbons (Fsp3) is 0.389. The van der Waals surface area contributed by atoms with Crippen molar-refractivity contribution in [3.05, 3.63) is 51.9 Å². The lowest BCUT2D eigenvalue weighted by atomic mass is 9.87. The van der Waals surface area contributed by atoms with Crippen molar-refractivity contribution in [1.29, 1.82) is 0 Å². The molecule has 0 aliphatic rings. The lowest BCUT2D eigenvalue weighted by molar-refractivity contribution is -0.148. The predicted molar refractivity (Wildman–Crippen MR) is 93.5 cm³/mol. The van der Waals surface area contributed by atoms with Gasteiger partial charge in [-0.05, 0) is 44.4 Å². The molecule has 0 saturated carbocycles. The molecule has 2 N–H and O–H groups in total. The number of amides is 1. The number of carboxylic acids is 1. The Kier molecular flexibility index (Phi) is 5.85. The summed E-state index contributed by atoms with van der Waals surface area (Å²) >= 11 is 5.88. The molecule has 0 saturated heterocycles. The summed E-state index contributed by atoms with van der Waals surface area (Å²) in [6.07, 6.45) is 0.791. The monoisotopic (exact) mass is 364 g/mol. The number of aromatic nitrogens is 1. The zero-order chi connectivity index (χ0) is 18.6. The molecule has 6 nitrogen and oxygen atoms in total. The van der Waals surface area contributed by atoms with Gasteiger partial charge in [0.15, 0.2) is 5.54 Å². The van der Waals surface area contributed by atoms with Crippen LogP contribution >= 0.6 is 11.6 Å². The summed E-state index contributed by atoms with van der Waals surface area (Å²) in [7, 11) is 0. The second-order valence-corrected chi connectivity index (χ2v) is 6.36. The highest BCUT2D eigenvalue weighted by atomic mass is 35.5. The number of halogens is 1. The summed E-state index contributed by atoms with van der Waals surface area (Å²) in [5, 5.41) is 16.8. The summed E-state index contributed by atoms with van der Waals surface area (Å²) in [6, 6.07) is 6.46. The molecule has 2 rings (SSSR count). The Bertz CT molecular complexity index is 750. The largest absolute Gasteiger partial charge is 0.479 e. The number of carboxylic acid groups (broad SMARTS) is 1. The molecule has 0 aliphatic heterocycles. The molecular weight excluding hydrogens is 344 g/mol. The van der Waals surface area contributed by atoms with Crippen LogP contribution in [0.5, 0.6) is 0 Å². The Labute approximate surface area is 151 Å². The number of aliphatic carboxylic acids is 1. The highest BCUT2D eigenvalue weighted by Gasteiger charge is 2.40. The molecule has 0 radical (unpaired) electrons. The zero-order valence-electron chi connectivity index (χ0n) is 14.4. The number of nitrogens with zero attached hydrogens (tertiary/aromatic N) is 1. The van der Waals surface area contributed by atoms with Crippen LogP contribution in [0.15, 0.2) is 28.8 Å². The molecule has 1 atom stereocenters. The number of hydrogen-bond donors (Lipinski definition) is 2. The van der Waals surface area contributed by atoms with Gasteiger partial charge in [-0.25, -0.2) is 4.79 Å². The van der Waals surface area contributed by atoms with Gasteiger partial charge >= 0.3 is 5.97 Å². The summed E-state index contributed by atoms with van der Waals surface area (Å²) in [4.78, 5) is 24.4. The van der Waals surface area contributed by atoms with Crippen molar-refractivity contribution in [2.24, 2.45) is 0 Å². The van der Waals surface area contributed by atoms with Crippen LogP contribution in [-0.4, -0.2) is 22.1 Å². The van der Waals surface area contributed by atoms with E-state index in [4.69, 9.17) is 16.1 Å². The standard InChI is InChI=1S/C18H21ClN2O4/c1-4-18(17(23)24,13-5-7-14(19)8-6-13)20-16(22)10-9-15-11(2)21-25-12(15)3/h5-8H,4,9-10H2,1-3H3,(H,20,22)(H,23,24). The van der Waals surface area contributed by atoms with Gasteiger partial charge in [0.25, 0.3) is 0 Å². The molecule has 0 spiro atoms. The molecule has 1 aromatic heterocycles. The number of aryl methyl sites for hydroxylation is 2. The third-order valence-corrected chi connectivity index (χ3v) is 4.62. The van der Waals surface area contributed by atoms with Gasteiger partial charge in [-0.3, -0.25) is 4.79 Å². The maximum Gasteiger partial charge on any atom is 0.334 e. The van der Waals surface area contributed by atoms with E-state index in [0.29, 0.717) is 22.8 Å². The molecule has 0 fully saturated rings. The molecule has 134 valence electrons. The van der Waals surface area contributed by atoms with Gasteiger partial charge in [0, 0.05) is 17.0 Å². The van der Waals surface area contributed by atoms with Crippen LogP contribution < -0.4 is 5.32 Å². The fourth-order valence-electron chi connectivity index (χ4n) is 2.83. The third kappa shape index (κ3) is 4.02. The van der Waals surface area contributed by atoms with Crippen LogP contribution in [0.2, 0.25) is 5.02 Å². The van der Waals surface area contributed by atoms with Gasteiger partial charge in [-0.15, -0.1) is 0 Å². The minimum absolute atomic E-state index is 0.144. The molecule has 1 amide bonds. The lowest BCUT2D eigenvalue weighted by Gasteiger charge is -2.30. The van der Waals surface area contributed by atoms with Crippen molar-refractivity contribution >= 4 is 23.5 Å². The molecule has 0 aliphatic carbocycles. The average Bonchev–Trinajstić information content (AvgIpc) is 2.89. The van der Waals surface area contributed by atoms with Gasteiger partial charge in [0.1, 0.15) is 5.76 Å². The van der Waals surface area contributed by atoms with E-state index in [2.05, 4.69) is 10.5 Å². The van der Waals surface area contributed by atoms with Crippen molar-refractivity contribution in [3.8, 4) is 0 Å². The van der Waals surface area contributed by atoms with Gasteiger partial charge < -0.3 is 14.9 Å². The van der Waals surface area contributed by atoms with Crippen molar-refractivity contribution in [1.82, 2.24) is 10.5 Å². The van der Waals surface area contributed by atoms with E-state index in [-0.39, 0.29) is 18.7 Å². The first kappa shape index (κ1) is 19.0. The maximum atomic E-state index is 12.4. The van der Waals surface area contributed by atoms with Crippen LogP contribution in [0.4, 0.5) is 0 Å². The van der Waals surface area contributed by atoms with Gasteiger partial charge in [0.05, 0.1) is 5.69 Å². The second kappa shape index (κ2) is 7.70. The number of hydrogen-bond acceptors (Lipinski definition) is 4. The number of benzene rings is 1. The first-order chi connectivity index (χ1) is 11.8. The first-order valence-electron chi connectivity index (χ1n) is 8.02. The van der Waals surface area contributed by atoms with E-state index in [1.54, 1.807) is 38.1 Å². The zero-order valence-corrected chi connectivity index (χ0v) is 15.2. The summed E-state index contributed by atoms with van der Waals surface area (Å²) < 4.78 is 5.08. The molecule has 25 heavy (non-hydrogen) atoms. The first-order valence-corrected chi connectivity index (χ1v) is 8.40. The molecular formula is C18H21ClN2O4. The molecule has 1 unspecified atom stereocenters. The minimum Gasteiger partial charge on any atom is -0.479 e. The molecule has 2 aromatic rings. The Balaban J connectivity index is 2.18. The van der Waals surface area contributed by atoms with Crippen molar-refractivity contribution in [2.45, 2.75) is 45.6 Å². The summed E-state index contributed by atoms with van der Waals surface area (Å²) in [6.45, 7) is 5.32. The summed E-state index contributed by atoms with van der Waals surface area (Å²) in [5.74, 6) is -0.787. The van der Waals surface area contributed by atoms with E-state index in [1.165, 1.54) is 0 Å². The number of rotatable bonds is 7. The van der Waals surface area contributed by atoms with Crippen LogP contribution in [0.1, 0.15) is 42.3 Å². The average molecular weight is 365 g/mol. The number of carbonyl (C=O) groups excluding carboxylic acids is 1. The SMILES string of the molecule is CCC(NC(=O)CCc1c(C)noc1C)(C(=O)O)c1ccc(Cl)cc1. The quantitative estimate of drug-likeness (QED) is 0.785. The maximum absolute atomic E-state index is 12.4. The van der Waals surface area contributed by atoms with E-state index >= 15 is 0 Å². The van der Waals surface area contributed by atoms with E-state index in [9.17, 15) is 14.7 Å². The molecule has 7 heteroatoms. The van der Waals surface area contributed by atoms with Crippen LogP contribution in [-0.2, 0) is 21.5 Å². The van der Waals surface area contributed by atoms with Crippen molar-refractivity contribution in [3.63, 3.8) is 0 Å². The topological polar surface area (TPSA) is 92.4 Å². The van der Waals surface area contributed by atoms with Gasteiger partial charge in [-0.1, -0.05) is 35.8 Å². The predicted octanol–water partition coefficient (Wildman–Crippen LogP) is 3.38. The lowest BCUT2D eigenvalue weighted by Crippen LogP contribution is -2.51. The van der Waals surface area contributed by atoms with Crippen LogP contribution in [0.25, 0.3) is 0 Å². The van der Waals surface area contributed by atoms with E-state index < -0.39 is 11.5 Å². The number of carbonyl (C=O) groups is 2. The minimum atomic E-state index is -1.49. The number of nitrogens with one attached hydrogen (secondary N) is 1. The highest BCUT2D eigenvalue weighted by Crippen LogP contribution is 2.27. The Morgan fingerprint density at radius 1 is 1.28 bits per heavy atom. The van der Waals surface area contributed by atoms with Crippen molar-refractivity contribution < 1.29 is 19.2 Å².